The lowest BCUT2D eigenvalue weighted by Gasteiger charge is -2.19. The summed E-state index contributed by atoms with van der Waals surface area (Å²) in [4.78, 5) is 12.1. The molecule has 0 aliphatic heterocycles. The molecule has 1 atom stereocenters. The Morgan fingerprint density at radius 1 is 1.04 bits per heavy atom. The van der Waals surface area contributed by atoms with E-state index in [9.17, 15) is 9.90 Å². The number of aliphatic hydroxyl groups is 1. The summed E-state index contributed by atoms with van der Waals surface area (Å²) in [6.45, 7) is 0.570. The molecule has 2 aliphatic carbocycles. The Bertz CT molecular complexity index is 737. The Balaban J connectivity index is 1.36. The molecule has 26 heavy (non-hydrogen) atoms. The minimum absolute atomic E-state index is 0.0629. The maximum atomic E-state index is 12.1. The van der Waals surface area contributed by atoms with Gasteiger partial charge in [0.1, 0.15) is 6.61 Å². The highest BCUT2D eigenvalue weighted by atomic mass is 16.5. The van der Waals surface area contributed by atoms with E-state index in [1.165, 1.54) is 35.1 Å². The van der Waals surface area contributed by atoms with Crippen molar-refractivity contribution in [1.82, 2.24) is 5.32 Å². The average molecular weight is 351 g/mol. The number of nitrogens with one attached hydrogen (secondary N) is 1. The molecule has 0 heterocycles. The van der Waals surface area contributed by atoms with Gasteiger partial charge in [0.2, 0.25) is 0 Å². The minimum atomic E-state index is -0.474. The number of rotatable bonds is 5. The summed E-state index contributed by atoms with van der Waals surface area (Å²) >= 11 is 0. The van der Waals surface area contributed by atoms with Gasteiger partial charge in [0.15, 0.2) is 0 Å². The van der Waals surface area contributed by atoms with Crippen molar-refractivity contribution in [2.75, 3.05) is 13.2 Å². The maximum Gasteiger partial charge on any atom is 0.407 e. The fourth-order valence-electron chi connectivity index (χ4n) is 4.35. The summed E-state index contributed by atoms with van der Waals surface area (Å²) in [7, 11) is 0. The van der Waals surface area contributed by atoms with Gasteiger partial charge in [0, 0.05) is 12.5 Å². The predicted molar refractivity (Wildman–Crippen MR) is 101 cm³/mol. The van der Waals surface area contributed by atoms with E-state index in [0.717, 1.165) is 12.8 Å². The summed E-state index contributed by atoms with van der Waals surface area (Å²) < 4.78 is 5.49. The number of benzene rings is 2. The van der Waals surface area contributed by atoms with Crippen molar-refractivity contribution in [2.45, 2.75) is 37.7 Å². The molecule has 1 unspecified atom stereocenters. The minimum Gasteiger partial charge on any atom is -0.449 e. The molecular weight excluding hydrogens is 326 g/mol. The number of alkyl carbamates (subject to hydrolysis) is 1. The lowest BCUT2D eigenvalue weighted by molar-refractivity contribution is 0.0984. The van der Waals surface area contributed by atoms with E-state index in [2.05, 4.69) is 29.6 Å². The molecule has 0 saturated heterocycles. The van der Waals surface area contributed by atoms with Crippen LogP contribution >= 0.6 is 0 Å². The van der Waals surface area contributed by atoms with Crippen LogP contribution in [0.5, 0.6) is 0 Å². The van der Waals surface area contributed by atoms with E-state index in [1.54, 1.807) is 0 Å². The Labute approximate surface area is 154 Å². The summed E-state index contributed by atoms with van der Waals surface area (Å²) in [5.41, 5.74) is 4.84. The van der Waals surface area contributed by atoms with E-state index in [1.807, 2.05) is 24.3 Å². The third kappa shape index (κ3) is 3.34. The van der Waals surface area contributed by atoms with Gasteiger partial charge < -0.3 is 15.2 Å². The standard InChI is InChI=1S/C22H25NO3/c24-21(15-7-1-2-8-15)13-23-22(25)26-14-20-18-11-5-3-9-16(18)17-10-4-6-12-19(17)20/h3-6,9-12,15,20-21,24H,1-2,7-8,13-14H2,(H,23,25). The zero-order valence-electron chi connectivity index (χ0n) is 14.9. The molecule has 4 rings (SSSR count). The highest BCUT2D eigenvalue weighted by Crippen LogP contribution is 2.44. The molecule has 1 amide bonds. The van der Waals surface area contributed by atoms with Gasteiger partial charge in [0.25, 0.3) is 0 Å². The Hall–Kier alpha value is -2.33. The Morgan fingerprint density at radius 3 is 2.23 bits per heavy atom. The van der Waals surface area contributed by atoms with Gasteiger partial charge in [-0.3, -0.25) is 0 Å². The Morgan fingerprint density at radius 2 is 1.62 bits per heavy atom. The summed E-state index contributed by atoms with van der Waals surface area (Å²) in [6, 6.07) is 16.6. The second-order valence-corrected chi connectivity index (χ2v) is 7.32. The van der Waals surface area contributed by atoms with Crippen LogP contribution in [-0.2, 0) is 4.74 Å². The number of amides is 1. The summed E-state index contributed by atoms with van der Waals surface area (Å²) in [5, 5.41) is 12.9. The fourth-order valence-corrected chi connectivity index (χ4v) is 4.35. The molecule has 1 saturated carbocycles. The molecule has 2 N–H and O–H groups in total. The largest absolute Gasteiger partial charge is 0.449 e. The molecule has 0 bridgehead atoms. The van der Waals surface area contributed by atoms with Crippen molar-refractivity contribution in [3.63, 3.8) is 0 Å². The molecule has 2 aromatic rings. The molecule has 2 aliphatic rings. The average Bonchev–Trinajstić information content (AvgIpc) is 3.31. The van der Waals surface area contributed by atoms with Crippen molar-refractivity contribution in [3.05, 3.63) is 59.7 Å². The molecule has 136 valence electrons. The SMILES string of the molecule is O=C(NCC(O)C1CCCC1)OCC1c2ccccc2-c2ccccc21. The fraction of sp³-hybridized carbons (Fsp3) is 0.409. The van der Waals surface area contributed by atoms with Crippen LogP contribution in [0.1, 0.15) is 42.7 Å². The topological polar surface area (TPSA) is 58.6 Å². The lowest BCUT2D eigenvalue weighted by Crippen LogP contribution is -2.36. The number of aliphatic hydroxyl groups excluding tert-OH is 1. The molecule has 1 fully saturated rings. The van der Waals surface area contributed by atoms with Crippen LogP contribution in [0.2, 0.25) is 0 Å². The van der Waals surface area contributed by atoms with Gasteiger partial charge in [-0.1, -0.05) is 61.4 Å². The highest BCUT2D eigenvalue weighted by Gasteiger charge is 2.29. The van der Waals surface area contributed by atoms with E-state index >= 15 is 0 Å². The van der Waals surface area contributed by atoms with Gasteiger partial charge in [-0.15, -0.1) is 0 Å². The van der Waals surface area contributed by atoms with E-state index in [4.69, 9.17) is 4.74 Å². The van der Waals surface area contributed by atoms with Crippen LogP contribution < -0.4 is 5.32 Å². The van der Waals surface area contributed by atoms with Crippen LogP contribution in [0.3, 0.4) is 0 Å². The quantitative estimate of drug-likeness (QED) is 0.853. The first-order valence-electron chi connectivity index (χ1n) is 9.51. The number of fused-ring (bicyclic) bond motifs is 3. The van der Waals surface area contributed by atoms with Crippen molar-refractivity contribution < 1.29 is 14.6 Å². The first-order chi connectivity index (χ1) is 12.7. The molecule has 0 spiro atoms. The maximum absolute atomic E-state index is 12.1. The number of carbonyl (C=O) groups excluding carboxylic acids is 1. The van der Waals surface area contributed by atoms with Crippen LogP contribution in [-0.4, -0.2) is 30.5 Å². The summed E-state index contributed by atoms with van der Waals surface area (Å²) in [6.07, 6.45) is 3.52. The van der Waals surface area contributed by atoms with Crippen molar-refractivity contribution in [1.29, 1.82) is 0 Å². The number of ether oxygens (including phenoxy) is 1. The number of hydrogen-bond donors (Lipinski definition) is 2. The molecule has 4 heteroatoms. The molecule has 2 aromatic carbocycles. The number of carbonyl (C=O) groups is 1. The van der Waals surface area contributed by atoms with Gasteiger partial charge in [-0.25, -0.2) is 4.79 Å². The summed E-state index contributed by atoms with van der Waals surface area (Å²) in [5.74, 6) is 0.372. The smallest absolute Gasteiger partial charge is 0.407 e. The van der Waals surface area contributed by atoms with E-state index in [0.29, 0.717) is 12.5 Å². The normalized spacial score (nSPS) is 17.6. The monoisotopic (exact) mass is 351 g/mol. The van der Waals surface area contributed by atoms with Gasteiger partial charge >= 0.3 is 6.09 Å². The highest BCUT2D eigenvalue weighted by molar-refractivity contribution is 5.79. The molecule has 0 aromatic heterocycles. The van der Waals surface area contributed by atoms with E-state index < -0.39 is 12.2 Å². The molecular formula is C22H25NO3. The zero-order valence-corrected chi connectivity index (χ0v) is 14.9. The van der Waals surface area contributed by atoms with Crippen LogP contribution in [0.25, 0.3) is 11.1 Å². The van der Waals surface area contributed by atoms with Crippen molar-refractivity contribution in [3.8, 4) is 11.1 Å². The number of hydrogen-bond acceptors (Lipinski definition) is 3. The second-order valence-electron chi connectivity index (χ2n) is 7.32. The van der Waals surface area contributed by atoms with Gasteiger partial charge in [0.05, 0.1) is 6.10 Å². The predicted octanol–water partition coefficient (Wildman–Crippen LogP) is 4.08. The van der Waals surface area contributed by atoms with Gasteiger partial charge in [-0.2, -0.15) is 0 Å². The molecule has 0 radical (unpaired) electrons. The second kappa shape index (κ2) is 7.50. The van der Waals surface area contributed by atoms with Crippen LogP contribution in [0, 0.1) is 5.92 Å². The van der Waals surface area contributed by atoms with Crippen LogP contribution in [0.15, 0.2) is 48.5 Å². The van der Waals surface area contributed by atoms with Crippen molar-refractivity contribution >= 4 is 6.09 Å². The third-order valence-corrected chi connectivity index (χ3v) is 5.74. The Kier molecular flexibility index (Phi) is 4.93. The van der Waals surface area contributed by atoms with Crippen molar-refractivity contribution in [2.24, 2.45) is 5.92 Å². The third-order valence-electron chi connectivity index (χ3n) is 5.74. The first kappa shape index (κ1) is 17.1. The van der Waals surface area contributed by atoms with Crippen LogP contribution in [0.4, 0.5) is 4.79 Å². The lowest BCUT2D eigenvalue weighted by atomic mass is 9.98. The zero-order chi connectivity index (χ0) is 17.9. The van der Waals surface area contributed by atoms with Gasteiger partial charge in [-0.05, 0) is 41.0 Å². The molecule has 4 nitrogen and oxygen atoms in total. The first-order valence-corrected chi connectivity index (χ1v) is 9.51. The van der Waals surface area contributed by atoms with E-state index in [-0.39, 0.29) is 12.5 Å².